The summed E-state index contributed by atoms with van der Waals surface area (Å²) in [6, 6.07) is 3.96. The molecule has 14 heteroatoms. The molecule has 3 fully saturated rings. The lowest BCUT2D eigenvalue weighted by atomic mass is 9.62. The fraction of sp³-hybridized carbons (Fsp3) is 0.417. The molecule has 0 unspecified atom stereocenters. The Balaban J connectivity index is 0.000000426. The smallest absolute Gasteiger partial charge is 0.490 e. The van der Waals surface area contributed by atoms with Gasteiger partial charge in [-0.2, -0.15) is 13.2 Å². The lowest BCUT2D eigenvalue weighted by molar-refractivity contribution is -0.192. The molecule has 9 nitrogen and oxygen atoms in total. The van der Waals surface area contributed by atoms with Crippen LogP contribution in [0.3, 0.4) is 0 Å². The van der Waals surface area contributed by atoms with Crippen LogP contribution >= 0.6 is 0 Å². The first-order valence-corrected chi connectivity index (χ1v) is 11.3. The Labute approximate surface area is 212 Å². The molecule has 2 saturated heterocycles. The molecule has 1 aliphatic carbocycles. The second-order valence-electron chi connectivity index (χ2n) is 9.44. The molecule has 1 amide bonds. The summed E-state index contributed by atoms with van der Waals surface area (Å²) in [6.45, 7) is 4.64. The lowest BCUT2D eigenvalue weighted by Gasteiger charge is -2.41. The largest absolute Gasteiger partial charge is 0.494 e. The summed E-state index contributed by atoms with van der Waals surface area (Å²) in [5, 5.41) is 9.86. The van der Waals surface area contributed by atoms with Gasteiger partial charge in [-0.15, -0.1) is 0 Å². The summed E-state index contributed by atoms with van der Waals surface area (Å²) in [7, 11) is 1.51. The van der Waals surface area contributed by atoms with Crippen LogP contribution in [0.5, 0.6) is 5.75 Å². The zero-order chi connectivity index (χ0) is 28.0. The summed E-state index contributed by atoms with van der Waals surface area (Å²) in [5.41, 5.74) is 2.20. The number of carbonyl (C=O) groups is 2. The van der Waals surface area contributed by atoms with Crippen molar-refractivity contribution >= 4 is 23.2 Å². The highest BCUT2D eigenvalue weighted by Gasteiger charge is 2.61. The van der Waals surface area contributed by atoms with Crippen LogP contribution in [0.15, 0.2) is 30.6 Å². The summed E-state index contributed by atoms with van der Waals surface area (Å²) in [4.78, 5) is 30.2. The van der Waals surface area contributed by atoms with Crippen LogP contribution in [0.1, 0.15) is 53.6 Å². The summed E-state index contributed by atoms with van der Waals surface area (Å²) < 4.78 is 70.9. The maximum absolute atomic E-state index is 12.9. The van der Waals surface area contributed by atoms with E-state index in [0.717, 1.165) is 29.7 Å². The number of rotatable bonds is 5. The van der Waals surface area contributed by atoms with E-state index < -0.39 is 30.2 Å². The van der Waals surface area contributed by atoms with E-state index in [1.165, 1.54) is 25.3 Å². The first-order valence-electron chi connectivity index (χ1n) is 11.3. The van der Waals surface area contributed by atoms with E-state index in [0.29, 0.717) is 18.0 Å². The third-order valence-corrected chi connectivity index (χ3v) is 6.51. The Bertz CT molecular complexity index is 1400. The number of fused-ring (bicyclic) bond motifs is 2. The average Bonchev–Trinajstić information content (AvgIpc) is 3.50. The van der Waals surface area contributed by atoms with Crippen LogP contribution < -0.4 is 10.1 Å². The number of methoxy groups -OCH3 is 1. The zero-order valence-electron chi connectivity index (χ0n) is 20.4. The van der Waals surface area contributed by atoms with E-state index in [1.807, 2.05) is 17.5 Å². The van der Waals surface area contributed by atoms with Crippen molar-refractivity contribution in [3.8, 4) is 5.75 Å². The van der Waals surface area contributed by atoms with Crippen molar-refractivity contribution in [3.63, 3.8) is 0 Å². The standard InChI is InChI=1S/C22H22F2N4O3.C2HF3O2/c1-12-17(30-3)15(26-20(29)14-6-4-5-13(25-14)18(23)24)7-28-8-16(27-19(12)28)22-9-21(2,10-22)31-11-22;3-2(4,5)1(6)7/h4-8,18H,9-11H2,1-3H3,(H,26,29);(H,6,7). The van der Waals surface area contributed by atoms with Crippen LogP contribution in [0, 0.1) is 6.92 Å². The number of alkyl halides is 5. The molecule has 2 aliphatic heterocycles. The van der Waals surface area contributed by atoms with E-state index in [2.05, 4.69) is 17.2 Å². The molecule has 1 saturated carbocycles. The fourth-order valence-electron chi connectivity index (χ4n) is 4.92. The van der Waals surface area contributed by atoms with Gasteiger partial charge in [-0.05, 0) is 38.8 Å². The average molecular weight is 542 g/mol. The van der Waals surface area contributed by atoms with Crippen molar-refractivity contribution in [1.82, 2.24) is 14.4 Å². The predicted molar refractivity (Wildman–Crippen MR) is 123 cm³/mol. The Morgan fingerprint density at radius 1 is 1.21 bits per heavy atom. The summed E-state index contributed by atoms with van der Waals surface area (Å²) >= 11 is 0. The molecule has 5 heterocycles. The molecule has 6 rings (SSSR count). The van der Waals surface area contributed by atoms with Gasteiger partial charge >= 0.3 is 12.1 Å². The molecular weight excluding hydrogens is 519 g/mol. The second kappa shape index (κ2) is 9.49. The van der Waals surface area contributed by atoms with E-state index >= 15 is 0 Å². The highest BCUT2D eigenvalue weighted by Crippen LogP contribution is 2.58. The molecule has 0 radical (unpaired) electrons. The summed E-state index contributed by atoms with van der Waals surface area (Å²) in [5.74, 6) is -2.90. The van der Waals surface area contributed by atoms with Gasteiger partial charge in [0.15, 0.2) is 5.75 Å². The minimum absolute atomic E-state index is 0.0541. The van der Waals surface area contributed by atoms with Crippen LogP contribution in [0.2, 0.25) is 0 Å². The highest BCUT2D eigenvalue weighted by molar-refractivity contribution is 6.04. The minimum Gasteiger partial charge on any atom is -0.494 e. The molecule has 0 spiro atoms. The van der Waals surface area contributed by atoms with E-state index in [4.69, 9.17) is 24.4 Å². The molecule has 38 heavy (non-hydrogen) atoms. The molecular formula is C24H23F5N4O5. The number of halogens is 5. The number of carboxylic acids is 1. The normalized spacial score (nSPS) is 22.0. The van der Waals surface area contributed by atoms with Gasteiger partial charge in [0.25, 0.3) is 12.3 Å². The summed E-state index contributed by atoms with van der Waals surface area (Å²) in [6.07, 6.45) is -2.28. The molecule has 2 bridgehead atoms. The maximum atomic E-state index is 12.9. The molecule has 2 N–H and O–H groups in total. The number of aryl methyl sites for hydroxylation is 1. The highest BCUT2D eigenvalue weighted by atomic mass is 19.4. The molecule has 3 aromatic heterocycles. The van der Waals surface area contributed by atoms with E-state index in [-0.39, 0.29) is 16.7 Å². The number of carbonyl (C=O) groups excluding carboxylic acids is 1. The minimum atomic E-state index is -5.08. The maximum Gasteiger partial charge on any atom is 0.490 e. The van der Waals surface area contributed by atoms with E-state index in [9.17, 15) is 26.7 Å². The van der Waals surface area contributed by atoms with E-state index in [1.54, 1.807) is 6.20 Å². The zero-order valence-corrected chi connectivity index (χ0v) is 20.4. The number of nitrogens with zero attached hydrogens (tertiary/aromatic N) is 3. The van der Waals surface area contributed by atoms with Crippen molar-refractivity contribution in [3.05, 3.63) is 53.2 Å². The third kappa shape index (κ3) is 4.99. The quantitative estimate of drug-likeness (QED) is 0.450. The monoisotopic (exact) mass is 542 g/mol. The number of hydrogen-bond acceptors (Lipinski definition) is 6. The van der Waals surface area contributed by atoms with Gasteiger partial charge < -0.3 is 24.3 Å². The van der Waals surface area contributed by atoms with Crippen molar-refractivity contribution in [1.29, 1.82) is 0 Å². The van der Waals surface area contributed by atoms with Crippen molar-refractivity contribution in [2.24, 2.45) is 0 Å². The SMILES string of the molecule is COc1c(NC(=O)c2cccc(C(F)F)n2)cn2cc(C34COC(C)(C3)C4)nc2c1C.O=C(O)C(F)(F)F. The van der Waals surface area contributed by atoms with Gasteiger partial charge in [-0.3, -0.25) is 4.79 Å². The number of ether oxygens (including phenoxy) is 2. The number of hydrogen-bond donors (Lipinski definition) is 2. The van der Waals surface area contributed by atoms with Gasteiger partial charge in [-0.1, -0.05) is 6.07 Å². The first kappa shape index (κ1) is 27.2. The van der Waals surface area contributed by atoms with Gasteiger partial charge in [-0.25, -0.2) is 23.5 Å². The van der Waals surface area contributed by atoms with Gasteiger partial charge in [0.1, 0.15) is 22.7 Å². The van der Waals surface area contributed by atoms with Crippen LogP contribution in [-0.2, 0) is 14.9 Å². The van der Waals surface area contributed by atoms with Gasteiger partial charge in [0.2, 0.25) is 0 Å². The van der Waals surface area contributed by atoms with Crippen molar-refractivity contribution in [2.45, 2.75) is 50.3 Å². The van der Waals surface area contributed by atoms with Crippen LogP contribution in [0.4, 0.5) is 27.6 Å². The number of aliphatic carboxylic acids is 1. The number of anilines is 1. The predicted octanol–water partition coefficient (Wildman–Crippen LogP) is 4.69. The topological polar surface area (TPSA) is 115 Å². The van der Waals surface area contributed by atoms with Gasteiger partial charge in [0.05, 0.1) is 25.0 Å². The Morgan fingerprint density at radius 2 is 1.87 bits per heavy atom. The second-order valence-corrected chi connectivity index (χ2v) is 9.44. The van der Waals surface area contributed by atoms with Crippen LogP contribution in [0.25, 0.3) is 5.65 Å². The van der Waals surface area contributed by atoms with Crippen molar-refractivity contribution < 1.29 is 46.1 Å². The number of carboxylic acid groups (broad SMARTS) is 1. The van der Waals surface area contributed by atoms with Crippen molar-refractivity contribution in [2.75, 3.05) is 19.0 Å². The molecule has 3 aromatic rings. The first-order chi connectivity index (χ1) is 17.7. The molecule has 0 aromatic carbocycles. The third-order valence-electron chi connectivity index (χ3n) is 6.51. The number of pyridine rings is 2. The fourth-order valence-corrected chi connectivity index (χ4v) is 4.92. The van der Waals surface area contributed by atoms with Crippen LogP contribution in [-0.4, -0.2) is 56.8 Å². The number of amides is 1. The van der Waals surface area contributed by atoms with Gasteiger partial charge in [0, 0.05) is 23.4 Å². The number of imidazole rings is 1. The molecule has 3 aliphatic rings. The Hall–Kier alpha value is -3.81. The molecule has 0 atom stereocenters. The number of nitrogens with one attached hydrogen (secondary N) is 1. The Kier molecular flexibility index (Phi) is 6.80. The molecule has 204 valence electrons. The Morgan fingerprint density at radius 3 is 2.39 bits per heavy atom. The lowest BCUT2D eigenvalue weighted by Crippen LogP contribution is -2.45. The number of aromatic nitrogens is 3.